The van der Waals surface area contributed by atoms with Gasteiger partial charge in [0.25, 0.3) is 0 Å². The van der Waals surface area contributed by atoms with Crippen molar-refractivity contribution in [1.29, 1.82) is 0 Å². The smallest absolute Gasteiger partial charge is 0.338 e. The van der Waals surface area contributed by atoms with Crippen LogP contribution in [-0.2, 0) is 11.3 Å². The third kappa shape index (κ3) is 4.12. The maximum absolute atomic E-state index is 12.1. The van der Waals surface area contributed by atoms with Crippen LogP contribution in [0.5, 0.6) is 0 Å². The minimum Gasteiger partial charge on any atom is -0.462 e. The number of carbonyl (C=O) groups is 1. The van der Waals surface area contributed by atoms with Gasteiger partial charge in [-0.3, -0.25) is 0 Å². The highest BCUT2D eigenvalue weighted by Gasteiger charge is 2.20. The Hall–Kier alpha value is -3.05. The monoisotopic (exact) mass is 416 g/mol. The lowest BCUT2D eigenvalue weighted by molar-refractivity contribution is 0.0526. The predicted octanol–water partition coefficient (Wildman–Crippen LogP) is 6.11. The van der Waals surface area contributed by atoms with Crippen molar-refractivity contribution in [2.75, 3.05) is 6.61 Å². The first kappa shape index (κ1) is 20.2. The average Bonchev–Trinajstić information content (AvgIpc) is 3.15. The zero-order valence-electron chi connectivity index (χ0n) is 17.1. The summed E-state index contributed by atoms with van der Waals surface area (Å²) in [6.45, 7) is 5.08. The van der Waals surface area contributed by atoms with E-state index in [1.54, 1.807) is 11.8 Å². The molecule has 0 unspecified atom stereocenters. The summed E-state index contributed by atoms with van der Waals surface area (Å²) in [7, 11) is 0. The van der Waals surface area contributed by atoms with Gasteiger partial charge in [0.05, 0.1) is 28.5 Å². The summed E-state index contributed by atoms with van der Waals surface area (Å²) in [4.78, 5) is 17.0. The predicted molar refractivity (Wildman–Crippen MR) is 122 cm³/mol. The molecule has 0 atom stereocenters. The number of thioether (sulfide) groups is 1. The third-order valence-electron chi connectivity index (χ3n) is 4.97. The van der Waals surface area contributed by atoms with Crippen LogP contribution in [0.2, 0.25) is 0 Å². The van der Waals surface area contributed by atoms with Crippen LogP contribution in [-0.4, -0.2) is 22.1 Å². The van der Waals surface area contributed by atoms with Gasteiger partial charge in [0.1, 0.15) is 0 Å². The second kappa shape index (κ2) is 9.18. The van der Waals surface area contributed by atoms with Crippen molar-refractivity contribution < 1.29 is 9.53 Å². The van der Waals surface area contributed by atoms with E-state index < -0.39 is 0 Å². The fourth-order valence-corrected chi connectivity index (χ4v) is 4.84. The summed E-state index contributed by atoms with van der Waals surface area (Å²) in [5, 5.41) is 1.06. The van der Waals surface area contributed by atoms with Crippen LogP contribution in [0.25, 0.3) is 11.0 Å². The Morgan fingerprint density at radius 2 is 1.60 bits per heavy atom. The molecule has 0 amide bonds. The SMILES string of the molecule is CCOC(=O)c1ccc2c(c1)nc(SC(c1ccccc1)c1ccccc1)n2CC. The molecule has 0 N–H and O–H groups in total. The van der Waals surface area contributed by atoms with Crippen molar-refractivity contribution >= 4 is 28.8 Å². The summed E-state index contributed by atoms with van der Waals surface area (Å²) >= 11 is 1.73. The van der Waals surface area contributed by atoms with Crippen LogP contribution in [0.3, 0.4) is 0 Å². The number of imidazole rings is 1. The molecule has 30 heavy (non-hydrogen) atoms. The Labute approximate surface area is 180 Å². The van der Waals surface area contributed by atoms with E-state index in [9.17, 15) is 4.79 Å². The van der Waals surface area contributed by atoms with E-state index in [0.29, 0.717) is 12.2 Å². The number of hydrogen-bond acceptors (Lipinski definition) is 4. The summed E-state index contributed by atoms with van der Waals surface area (Å²) in [6, 6.07) is 26.6. The quantitative estimate of drug-likeness (QED) is 0.269. The highest BCUT2D eigenvalue weighted by molar-refractivity contribution is 7.99. The van der Waals surface area contributed by atoms with Crippen LogP contribution in [0.15, 0.2) is 84.0 Å². The Balaban J connectivity index is 1.76. The highest BCUT2D eigenvalue weighted by Crippen LogP contribution is 2.41. The fourth-order valence-electron chi connectivity index (χ4n) is 3.53. The molecule has 4 aromatic rings. The third-order valence-corrected chi connectivity index (χ3v) is 6.27. The van der Waals surface area contributed by atoms with Crippen LogP contribution in [0.4, 0.5) is 0 Å². The largest absolute Gasteiger partial charge is 0.462 e. The summed E-state index contributed by atoms with van der Waals surface area (Å²) in [6.07, 6.45) is 0. The van der Waals surface area contributed by atoms with Gasteiger partial charge in [-0.15, -0.1) is 0 Å². The molecule has 4 rings (SSSR count). The van der Waals surface area contributed by atoms with Gasteiger partial charge >= 0.3 is 5.97 Å². The van der Waals surface area contributed by atoms with Crippen LogP contribution in [0, 0.1) is 0 Å². The van der Waals surface area contributed by atoms with Gasteiger partial charge in [-0.25, -0.2) is 9.78 Å². The van der Waals surface area contributed by atoms with Gasteiger partial charge in [0, 0.05) is 6.54 Å². The molecule has 0 aliphatic heterocycles. The molecule has 4 nitrogen and oxygen atoms in total. The molecule has 3 aromatic carbocycles. The van der Waals surface area contributed by atoms with Crippen molar-refractivity contribution in [3.8, 4) is 0 Å². The zero-order chi connectivity index (χ0) is 20.9. The first-order valence-corrected chi connectivity index (χ1v) is 11.0. The molecule has 1 aromatic heterocycles. The van der Waals surface area contributed by atoms with Gasteiger partial charge in [-0.05, 0) is 43.2 Å². The number of carbonyl (C=O) groups excluding carboxylic acids is 1. The lowest BCUT2D eigenvalue weighted by atomic mass is 10.0. The normalized spacial score (nSPS) is 11.2. The second-order valence-electron chi connectivity index (χ2n) is 6.88. The fraction of sp³-hybridized carbons (Fsp3) is 0.200. The number of esters is 1. The average molecular weight is 417 g/mol. The number of aromatic nitrogens is 2. The molecule has 0 saturated heterocycles. The first-order chi connectivity index (χ1) is 14.7. The van der Waals surface area contributed by atoms with E-state index in [1.165, 1.54) is 11.1 Å². The van der Waals surface area contributed by atoms with E-state index in [-0.39, 0.29) is 11.2 Å². The van der Waals surface area contributed by atoms with Gasteiger partial charge in [0.15, 0.2) is 5.16 Å². The van der Waals surface area contributed by atoms with Gasteiger partial charge in [0.2, 0.25) is 0 Å². The van der Waals surface area contributed by atoms with Crippen molar-refractivity contribution in [2.45, 2.75) is 30.8 Å². The maximum Gasteiger partial charge on any atom is 0.338 e. The van der Waals surface area contributed by atoms with Crippen LogP contribution >= 0.6 is 11.8 Å². The molecule has 0 spiro atoms. The number of aryl methyl sites for hydroxylation is 1. The van der Waals surface area contributed by atoms with Crippen molar-refractivity contribution in [3.63, 3.8) is 0 Å². The molecule has 1 heterocycles. The van der Waals surface area contributed by atoms with E-state index in [4.69, 9.17) is 9.72 Å². The molecule has 0 aliphatic carbocycles. The molecular formula is C25H24N2O2S. The zero-order valence-corrected chi connectivity index (χ0v) is 17.9. The number of ether oxygens (including phenoxy) is 1. The molecule has 0 aliphatic rings. The van der Waals surface area contributed by atoms with Crippen LogP contribution in [0.1, 0.15) is 40.6 Å². The minimum absolute atomic E-state index is 0.124. The van der Waals surface area contributed by atoms with E-state index in [0.717, 1.165) is 22.7 Å². The lowest BCUT2D eigenvalue weighted by Gasteiger charge is -2.18. The highest BCUT2D eigenvalue weighted by atomic mass is 32.2. The number of hydrogen-bond donors (Lipinski definition) is 0. The minimum atomic E-state index is -0.314. The Bertz CT molecular complexity index is 1100. The molecule has 0 bridgehead atoms. The number of nitrogens with zero attached hydrogens (tertiary/aromatic N) is 2. The lowest BCUT2D eigenvalue weighted by Crippen LogP contribution is -2.04. The van der Waals surface area contributed by atoms with E-state index >= 15 is 0 Å². The standard InChI is InChI=1S/C25H24N2O2S/c1-3-27-22-16-15-20(24(28)29-4-2)17-21(22)26-25(27)30-23(18-11-7-5-8-12-18)19-13-9-6-10-14-19/h5-17,23H,3-4H2,1-2H3. The van der Waals surface area contributed by atoms with Crippen molar-refractivity contribution in [1.82, 2.24) is 9.55 Å². The maximum atomic E-state index is 12.1. The topological polar surface area (TPSA) is 44.1 Å². The Kier molecular flexibility index (Phi) is 6.19. The summed E-state index contributed by atoms with van der Waals surface area (Å²) in [5.74, 6) is -0.314. The van der Waals surface area contributed by atoms with Gasteiger partial charge in [-0.2, -0.15) is 0 Å². The Morgan fingerprint density at radius 1 is 0.967 bits per heavy atom. The number of fused-ring (bicyclic) bond motifs is 1. The molecule has 5 heteroatoms. The summed E-state index contributed by atoms with van der Waals surface area (Å²) in [5.41, 5.74) is 4.83. The van der Waals surface area contributed by atoms with Crippen LogP contribution < -0.4 is 0 Å². The molecule has 0 saturated carbocycles. The molecule has 0 fully saturated rings. The summed E-state index contributed by atoms with van der Waals surface area (Å²) < 4.78 is 7.34. The van der Waals surface area contributed by atoms with Crippen molar-refractivity contribution in [3.05, 3.63) is 95.6 Å². The molecule has 0 radical (unpaired) electrons. The van der Waals surface area contributed by atoms with Gasteiger partial charge in [-0.1, -0.05) is 72.4 Å². The Morgan fingerprint density at radius 3 is 2.17 bits per heavy atom. The number of rotatable bonds is 7. The van der Waals surface area contributed by atoms with Gasteiger partial charge < -0.3 is 9.30 Å². The van der Waals surface area contributed by atoms with Crippen molar-refractivity contribution in [2.24, 2.45) is 0 Å². The number of benzene rings is 3. The molecular weight excluding hydrogens is 392 g/mol. The van der Waals surface area contributed by atoms with E-state index in [2.05, 4.69) is 60.0 Å². The second-order valence-corrected chi connectivity index (χ2v) is 7.95. The molecule has 152 valence electrons. The first-order valence-electron chi connectivity index (χ1n) is 10.1. The van der Waals surface area contributed by atoms with E-state index in [1.807, 2.05) is 37.3 Å².